The lowest BCUT2D eigenvalue weighted by Crippen LogP contribution is -2.38. The Kier molecular flexibility index (Phi) is 3.32. The molecule has 1 aliphatic heterocycles. The van der Waals surface area contributed by atoms with E-state index in [-0.39, 0.29) is 12.3 Å². The fourth-order valence-electron chi connectivity index (χ4n) is 1.48. The largest absolute Gasteiger partial charge is 0.390 e. The molecular weight excluding hydrogens is 178 g/mol. The minimum absolute atomic E-state index is 0.0428. The van der Waals surface area contributed by atoms with E-state index in [0.29, 0.717) is 6.54 Å². The number of hydrogen-bond acceptors (Lipinski definition) is 2. The predicted molar refractivity (Wildman–Crippen MR) is 55.9 cm³/mol. The summed E-state index contributed by atoms with van der Waals surface area (Å²) in [5.74, 6) is 0.0428. The number of carbonyl (C=O) groups is 1. The Hall–Kier alpha value is -0.830. The fourth-order valence-corrected chi connectivity index (χ4v) is 1.48. The number of aliphatic hydroxyl groups is 1. The first-order chi connectivity index (χ1) is 6.38. The molecule has 0 spiro atoms. The minimum atomic E-state index is -0.896. The van der Waals surface area contributed by atoms with Gasteiger partial charge in [-0.2, -0.15) is 0 Å². The van der Waals surface area contributed by atoms with E-state index in [0.717, 1.165) is 13.0 Å². The van der Waals surface area contributed by atoms with Crippen LogP contribution < -0.4 is 0 Å². The maximum Gasteiger partial charge on any atom is 0.225 e. The van der Waals surface area contributed by atoms with Crippen LogP contribution in [-0.2, 0) is 4.79 Å². The van der Waals surface area contributed by atoms with Gasteiger partial charge in [0, 0.05) is 13.1 Å². The number of carbonyl (C=O) groups excluding carboxylic acids is 1. The first kappa shape index (κ1) is 11.2. The van der Waals surface area contributed by atoms with E-state index in [4.69, 9.17) is 0 Å². The second-order valence-corrected chi connectivity index (χ2v) is 4.63. The van der Waals surface area contributed by atoms with Crippen molar-refractivity contribution >= 4 is 5.91 Å². The number of amides is 1. The van der Waals surface area contributed by atoms with E-state index >= 15 is 0 Å². The van der Waals surface area contributed by atoms with Crippen LogP contribution in [0.2, 0.25) is 0 Å². The molecular formula is C11H19NO2. The van der Waals surface area contributed by atoms with Gasteiger partial charge in [0.05, 0.1) is 12.0 Å². The number of rotatable bonds is 2. The lowest BCUT2D eigenvalue weighted by molar-refractivity contribution is -0.134. The highest BCUT2D eigenvalue weighted by Gasteiger charge is 2.23. The Morgan fingerprint density at radius 3 is 2.71 bits per heavy atom. The topological polar surface area (TPSA) is 40.5 Å². The van der Waals surface area contributed by atoms with Gasteiger partial charge in [-0.15, -0.1) is 0 Å². The van der Waals surface area contributed by atoms with Gasteiger partial charge in [-0.25, -0.2) is 0 Å². The van der Waals surface area contributed by atoms with Crippen molar-refractivity contribution in [2.75, 3.05) is 13.1 Å². The van der Waals surface area contributed by atoms with Crippen molar-refractivity contribution in [1.82, 2.24) is 4.90 Å². The standard InChI is InChI=1S/C11H19NO2/c1-9-4-6-12(7-5-9)10(13)8-11(2,3)14/h4,14H,5-8H2,1-3H3. The van der Waals surface area contributed by atoms with E-state index in [2.05, 4.69) is 13.0 Å². The van der Waals surface area contributed by atoms with Gasteiger partial charge >= 0.3 is 0 Å². The summed E-state index contributed by atoms with van der Waals surface area (Å²) in [7, 11) is 0. The molecule has 14 heavy (non-hydrogen) atoms. The van der Waals surface area contributed by atoms with Crippen molar-refractivity contribution in [3.05, 3.63) is 11.6 Å². The average Bonchev–Trinajstić information content (AvgIpc) is 2.02. The summed E-state index contributed by atoms with van der Waals surface area (Å²) in [6.07, 6.45) is 3.24. The molecule has 1 amide bonds. The van der Waals surface area contributed by atoms with Crippen molar-refractivity contribution in [3.8, 4) is 0 Å². The molecule has 0 atom stereocenters. The zero-order valence-electron chi connectivity index (χ0n) is 9.21. The first-order valence-corrected chi connectivity index (χ1v) is 5.04. The van der Waals surface area contributed by atoms with Crippen LogP contribution >= 0.6 is 0 Å². The average molecular weight is 197 g/mol. The molecule has 1 heterocycles. The van der Waals surface area contributed by atoms with Crippen molar-refractivity contribution in [2.45, 2.75) is 39.2 Å². The molecule has 0 aromatic heterocycles. The van der Waals surface area contributed by atoms with Gasteiger partial charge in [0.2, 0.25) is 5.91 Å². The molecule has 0 fully saturated rings. The number of nitrogens with zero attached hydrogens (tertiary/aromatic N) is 1. The zero-order valence-corrected chi connectivity index (χ0v) is 9.21. The van der Waals surface area contributed by atoms with E-state index in [1.165, 1.54) is 5.57 Å². The summed E-state index contributed by atoms with van der Waals surface area (Å²) in [6, 6.07) is 0. The molecule has 0 aromatic rings. The third-order valence-electron chi connectivity index (χ3n) is 2.37. The fraction of sp³-hybridized carbons (Fsp3) is 0.727. The van der Waals surface area contributed by atoms with Crippen LogP contribution in [0.4, 0.5) is 0 Å². The molecule has 0 saturated heterocycles. The van der Waals surface area contributed by atoms with Gasteiger partial charge in [0.25, 0.3) is 0 Å². The molecule has 1 rings (SSSR count). The predicted octanol–water partition coefficient (Wildman–Crippen LogP) is 1.33. The molecule has 0 aromatic carbocycles. The van der Waals surface area contributed by atoms with Crippen LogP contribution in [0.3, 0.4) is 0 Å². The molecule has 0 radical (unpaired) electrons. The van der Waals surface area contributed by atoms with Gasteiger partial charge in [-0.3, -0.25) is 4.79 Å². The molecule has 0 unspecified atom stereocenters. The highest BCUT2D eigenvalue weighted by Crippen LogP contribution is 2.14. The third kappa shape index (κ3) is 3.50. The first-order valence-electron chi connectivity index (χ1n) is 5.04. The Balaban J connectivity index is 2.47. The highest BCUT2D eigenvalue weighted by atomic mass is 16.3. The molecule has 80 valence electrons. The second kappa shape index (κ2) is 4.13. The molecule has 0 saturated carbocycles. The quantitative estimate of drug-likeness (QED) is 0.678. The van der Waals surface area contributed by atoms with Gasteiger partial charge < -0.3 is 10.0 Å². The SMILES string of the molecule is CC1=CCN(C(=O)CC(C)(C)O)CC1. The van der Waals surface area contributed by atoms with Crippen molar-refractivity contribution < 1.29 is 9.90 Å². The van der Waals surface area contributed by atoms with E-state index in [1.54, 1.807) is 18.7 Å². The zero-order chi connectivity index (χ0) is 10.8. The van der Waals surface area contributed by atoms with Crippen molar-refractivity contribution in [1.29, 1.82) is 0 Å². The second-order valence-electron chi connectivity index (χ2n) is 4.63. The van der Waals surface area contributed by atoms with Gasteiger partial charge in [-0.05, 0) is 27.2 Å². The summed E-state index contributed by atoms with van der Waals surface area (Å²) in [5.41, 5.74) is 0.449. The van der Waals surface area contributed by atoms with E-state index in [1.807, 2.05) is 0 Å². The van der Waals surface area contributed by atoms with Crippen LogP contribution in [0.5, 0.6) is 0 Å². The van der Waals surface area contributed by atoms with Crippen LogP contribution in [0.15, 0.2) is 11.6 Å². The Labute approximate surface area is 85.4 Å². The van der Waals surface area contributed by atoms with Crippen LogP contribution in [-0.4, -0.2) is 34.6 Å². The summed E-state index contributed by atoms with van der Waals surface area (Å²) >= 11 is 0. The minimum Gasteiger partial charge on any atom is -0.390 e. The normalized spacial score (nSPS) is 18.0. The lowest BCUT2D eigenvalue weighted by Gasteiger charge is -2.28. The Bertz CT molecular complexity index is 251. The molecule has 1 N–H and O–H groups in total. The molecule has 0 aliphatic carbocycles. The van der Waals surface area contributed by atoms with E-state index in [9.17, 15) is 9.90 Å². The Morgan fingerprint density at radius 1 is 1.64 bits per heavy atom. The van der Waals surface area contributed by atoms with E-state index < -0.39 is 5.60 Å². The van der Waals surface area contributed by atoms with Crippen LogP contribution in [0.25, 0.3) is 0 Å². The molecule has 3 heteroatoms. The third-order valence-corrected chi connectivity index (χ3v) is 2.37. The Morgan fingerprint density at radius 2 is 2.29 bits per heavy atom. The monoisotopic (exact) mass is 197 g/mol. The number of hydrogen-bond donors (Lipinski definition) is 1. The van der Waals surface area contributed by atoms with Crippen LogP contribution in [0, 0.1) is 0 Å². The molecule has 1 aliphatic rings. The van der Waals surface area contributed by atoms with Crippen molar-refractivity contribution in [3.63, 3.8) is 0 Å². The van der Waals surface area contributed by atoms with Gasteiger partial charge in [0.15, 0.2) is 0 Å². The van der Waals surface area contributed by atoms with Crippen molar-refractivity contribution in [2.24, 2.45) is 0 Å². The van der Waals surface area contributed by atoms with Crippen LogP contribution in [0.1, 0.15) is 33.6 Å². The summed E-state index contributed by atoms with van der Waals surface area (Å²) in [6.45, 7) is 6.89. The maximum absolute atomic E-state index is 11.7. The maximum atomic E-state index is 11.7. The smallest absolute Gasteiger partial charge is 0.225 e. The summed E-state index contributed by atoms with van der Waals surface area (Å²) in [5, 5.41) is 9.51. The summed E-state index contributed by atoms with van der Waals surface area (Å²) < 4.78 is 0. The van der Waals surface area contributed by atoms with Gasteiger partial charge in [0.1, 0.15) is 0 Å². The highest BCUT2D eigenvalue weighted by molar-refractivity contribution is 5.77. The van der Waals surface area contributed by atoms with Gasteiger partial charge in [-0.1, -0.05) is 11.6 Å². The lowest BCUT2D eigenvalue weighted by atomic mass is 10.0. The molecule has 3 nitrogen and oxygen atoms in total. The summed E-state index contributed by atoms with van der Waals surface area (Å²) in [4.78, 5) is 13.5. The molecule has 0 bridgehead atoms.